The molecule has 0 N–H and O–H groups in total. The Hall–Kier alpha value is -1.75. The van der Waals surface area contributed by atoms with Crippen LogP contribution in [0.1, 0.15) is 69.8 Å². The van der Waals surface area contributed by atoms with E-state index >= 15 is 0 Å². The number of halogens is 3. The van der Waals surface area contributed by atoms with E-state index in [4.69, 9.17) is 4.74 Å². The van der Waals surface area contributed by atoms with Gasteiger partial charge in [-0.25, -0.2) is 0 Å². The fraction of sp³-hybridized carbons (Fsp3) is 0.600. The van der Waals surface area contributed by atoms with Crippen LogP contribution in [0.25, 0.3) is 0 Å². The molecule has 2 nitrogen and oxygen atoms in total. The van der Waals surface area contributed by atoms with Gasteiger partial charge in [0.1, 0.15) is 5.75 Å². The summed E-state index contributed by atoms with van der Waals surface area (Å²) >= 11 is 0. The minimum Gasteiger partial charge on any atom is -0.406 e. The van der Waals surface area contributed by atoms with Gasteiger partial charge in [0, 0.05) is 0 Å². The molecule has 0 amide bonds. The number of ether oxygens (including phenoxy) is 2. The molecule has 166 valence electrons. The summed E-state index contributed by atoms with van der Waals surface area (Å²) in [5, 5.41) is 0. The fourth-order valence-electron chi connectivity index (χ4n) is 5.03. The van der Waals surface area contributed by atoms with Crippen molar-refractivity contribution >= 4 is 0 Å². The van der Waals surface area contributed by atoms with Crippen LogP contribution in [0.15, 0.2) is 48.6 Å². The van der Waals surface area contributed by atoms with Crippen LogP contribution in [0.5, 0.6) is 5.75 Å². The third kappa shape index (κ3) is 7.19. The summed E-state index contributed by atoms with van der Waals surface area (Å²) in [5.41, 5.74) is 1.13. The molecule has 0 bridgehead atoms. The maximum Gasteiger partial charge on any atom is 0.573 e. The number of hydrogen-bond donors (Lipinski definition) is 0. The molecule has 3 rings (SSSR count). The Kier molecular flexibility index (Phi) is 8.43. The molecule has 2 saturated carbocycles. The summed E-state index contributed by atoms with van der Waals surface area (Å²) < 4.78 is 46.9. The van der Waals surface area contributed by atoms with Gasteiger partial charge in [0.2, 0.25) is 0 Å². The van der Waals surface area contributed by atoms with E-state index in [2.05, 4.69) is 10.8 Å². The molecule has 5 heteroatoms. The Morgan fingerprint density at radius 3 is 2.03 bits per heavy atom. The Bertz CT molecular complexity index is 677. The first-order valence-corrected chi connectivity index (χ1v) is 11.2. The molecular formula is C25H33F3O2. The lowest BCUT2D eigenvalue weighted by molar-refractivity contribution is -0.274. The molecule has 0 heterocycles. The number of rotatable bonds is 7. The second-order valence-electron chi connectivity index (χ2n) is 8.55. The predicted molar refractivity (Wildman–Crippen MR) is 113 cm³/mol. The van der Waals surface area contributed by atoms with Crippen LogP contribution in [0, 0.1) is 11.8 Å². The normalized spacial score (nSPS) is 28.3. The third-order valence-corrected chi connectivity index (χ3v) is 6.61. The average Bonchev–Trinajstić information content (AvgIpc) is 2.74. The molecular weight excluding hydrogens is 389 g/mol. The highest BCUT2D eigenvalue weighted by Crippen LogP contribution is 2.43. The molecule has 0 aromatic heterocycles. The highest BCUT2D eigenvalue weighted by atomic mass is 19.4. The van der Waals surface area contributed by atoms with Crippen LogP contribution in [-0.4, -0.2) is 19.1 Å². The third-order valence-electron chi connectivity index (χ3n) is 6.61. The standard InChI is InChI=1S/C25H33F3O2/c1-2-3-4-5-18-29-23-14-10-21(11-15-23)19-6-8-20(9-7-19)22-12-16-24(17-13-22)30-25(26,27)28/h2-5,12-13,16-17,19-21,23H,6-11,14-15,18H2,1H3/b3-2+,5-4+/t19?,20?,21-,23-. The molecule has 30 heavy (non-hydrogen) atoms. The van der Waals surface area contributed by atoms with Crippen molar-refractivity contribution in [1.82, 2.24) is 0 Å². The van der Waals surface area contributed by atoms with Crippen LogP contribution in [0.3, 0.4) is 0 Å². The SMILES string of the molecule is C/C=C/C=C/CO[C@H]1CC[C@H](C2CCC(c3ccc(OC(F)(F)F)cc3)CC2)CC1. The summed E-state index contributed by atoms with van der Waals surface area (Å²) in [6.07, 6.45) is 13.4. The van der Waals surface area contributed by atoms with E-state index in [9.17, 15) is 13.2 Å². The number of benzene rings is 1. The van der Waals surface area contributed by atoms with Gasteiger partial charge in [0.05, 0.1) is 12.7 Å². The van der Waals surface area contributed by atoms with Crippen molar-refractivity contribution in [1.29, 1.82) is 0 Å². The molecule has 2 aliphatic rings. The summed E-state index contributed by atoms with van der Waals surface area (Å²) in [7, 11) is 0. The monoisotopic (exact) mass is 422 g/mol. The van der Waals surface area contributed by atoms with E-state index in [1.165, 1.54) is 37.8 Å². The topological polar surface area (TPSA) is 18.5 Å². The van der Waals surface area contributed by atoms with Gasteiger partial charge in [-0.1, -0.05) is 36.4 Å². The molecule has 0 unspecified atom stereocenters. The highest BCUT2D eigenvalue weighted by molar-refractivity contribution is 5.29. The van der Waals surface area contributed by atoms with E-state index in [-0.39, 0.29) is 5.75 Å². The largest absolute Gasteiger partial charge is 0.573 e. The first-order valence-electron chi connectivity index (χ1n) is 11.2. The Morgan fingerprint density at radius 2 is 1.47 bits per heavy atom. The molecule has 1 aromatic carbocycles. The summed E-state index contributed by atoms with van der Waals surface area (Å²) in [4.78, 5) is 0. The summed E-state index contributed by atoms with van der Waals surface area (Å²) in [6.45, 7) is 2.70. The predicted octanol–water partition coefficient (Wildman–Crippen LogP) is 7.57. The van der Waals surface area contributed by atoms with Crippen molar-refractivity contribution in [2.45, 2.75) is 76.7 Å². The first-order chi connectivity index (χ1) is 14.4. The van der Waals surface area contributed by atoms with Crippen molar-refractivity contribution in [2.24, 2.45) is 11.8 Å². The van der Waals surface area contributed by atoms with Gasteiger partial charge in [-0.2, -0.15) is 0 Å². The summed E-state index contributed by atoms with van der Waals surface area (Å²) in [6, 6.07) is 6.45. The molecule has 0 atom stereocenters. The Morgan fingerprint density at radius 1 is 0.867 bits per heavy atom. The summed E-state index contributed by atoms with van der Waals surface area (Å²) in [5.74, 6) is 1.89. The maximum atomic E-state index is 12.3. The van der Waals surface area contributed by atoms with Crippen LogP contribution < -0.4 is 4.74 Å². The first kappa shape index (κ1) is 22.9. The van der Waals surface area contributed by atoms with Crippen LogP contribution >= 0.6 is 0 Å². The highest BCUT2D eigenvalue weighted by Gasteiger charge is 2.32. The smallest absolute Gasteiger partial charge is 0.406 e. The van der Waals surface area contributed by atoms with Gasteiger partial charge in [-0.05, 0) is 93.7 Å². The molecule has 2 fully saturated rings. The molecule has 0 spiro atoms. The minimum atomic E-state index is -4.63. The van der Waals surface area contributed by atoms with Gasteiger partial charge in [-0.15, -0.1) is 13.2 Å². The Labute approximate surface area is 178 Å². The fourth-order valence-corrected chi connectivity index (χ4v) is 5.03. The van der Waals surface area contributed by atoms with Gasteiger partial charge in [0.15, 0.2) is 0 Å². The zero-order valence-corrected chi connectivity index (χ0v) is 17.7. The van der Waals surface area contributed by atoms with Crippen molar-refractivity contribution < 1.29 is 22.6 Å². The molecule has 2 aliphatic carbocycles. The van der Waals surface area contributed by atoms with E-state index in [0.717, 1.165) is 43.1 Å². The van der Waals surface area contributed by atoms with E-state index in [0.29, 0.717) is 18.6 Å². The van der Waals surface area contributed by atoms with E-state index < -0.39 is 6.36 Å². The second-order valence-corrected chi connectivity index (χ2v) is 8.55. The van der Waals surface area contributed by atoms with Crippen LogP contribution in [0.4, 0.5) is 13.2 Å². The Balaban J connectivity index is 1.39. The van der Waals surface area contributed by atoms with Crippen molar-refractivity contribution in [2.75, 3.05) is 6.61 Å². The molecule has 0 radical (unpaired) electrons. The van der Waals surface area contributed by atoms with Crippen LogP contribution in [0.2, 0.25) is 0 Å². The number of allylic oxidation sites excluding steroid dienone is 3. The lowest BCUT2D eigenvalue weighted by atomic mass is 9.69. The van der Waals surface area contributed by atoms with Crippen molar-refractivity contribution in [3.8, 4) is 5.75 Å². The van der Waals surface area contributed by atoms with Gasteiger partial charge < -0.3 is 9.47 Å². The minimum absolute atomic E-state index is 0.142. The average molecular weight is 423 g/mol. The molecule has 0 aliphatic heterocycles. The van der Waals surface area contributed by atoms with Crippen molar-refractivity contribution in [3.63, 3.8) is 0 Å². The van der Waals surface area contributed by atoms with Crippen molar-refractivity contribution in [3.05, 3.63) is 54.1 Å². The zero-order valence-electron chi connectivity index (χ0n) is 17.7. The number of alkyl halides is 3. The number of hydrogen-bond acceptors (Lipinski definition) is 2. The quantitative estimate of drug-likeness (QED) is 0.422. The lowest BCUT2D eigenvalue weighted by Gasteiger charge is -2.38. The van der Waals surface area contributed by atoms with Gasteiger partial charge in [0.25, 0.3) is 0 Å². The van der Waals surface area contributed by atoms with Crippen LogP contribution in [-0.2, 0) is 4.74 Å². The second kappa shape index (κ2) is 11.0. The van der Waals surface area contributed by atoms with E-state index in [1.807, 2.05) is 25.2 Å². The van der Waals surface area contributed by atoms with E-state index in [1.54, 1.807) is 12.1 Å². The molecule has 1 aromatic rings. The lowest BCUT2D eigenvalue weighted by Crippen LogP contribution is -2.28. The van der Waals surface area contributed by atoms with Gasteiger partial charge in [-0.3, -0.25) is 0 Å². The maximum absolute atomic E-state index is 12.3. The molecule has 0 saturated heterocycles. The van der Waals surface area contributed by atoms with Gasteiger partial charge >= 0.3 is 6.36 Å². The zero-order chi connectivity index (χ0) is 21.4.